The highest BCUT2D eigenvalue weighted by atomic mass is 28.3. The van der Waals surface area contributed by atoms with E-state index in [0.29, 0.717) is 0 Å². The minimum absolute atomic E-state index is 0.0417. The topological polar surface area (TPSA) is 22.0 Å². The maximum absolute atomic E-state index is 15.0. The minimum atomic E-state index is -2.88. The average molecular weight is 550 g/mol. The normalized spacial score (nSPS) is 15.5. The van der Waals surface area contributed by atoms with Gasteiger partial charge in [0, 0.05) is 28.1 Å². The largest absolute Gasteiger partial charge is 0.280 e. The molecular formula is C38H35NOSi. The Morgan fingerprint density at radius 2 is 1.32 bits per heavy atom. The molecule has 0 amide bonds. The molecule has 5 aromatic rings. The lowest BCUT2D eigenvalue weighted by atomic mass is 9.96. The highest BCUT2D eigenvalue weighted by Crippen LogP contribution is 2.45. The molecule has 0 unspecified atom stereocenters. The van der Waals surface area contributed by atoms with E-state index in [9.17, 15) is 0 Å². The Hall–Kier alpha value is -4.39. The van der Waals surface area contributed by atoms with E-state index in [4.69, 9.17) is 0 Å². The minimum Gasteiger partial charge on any atom is -0.280 e. The van der Waals surface area contributed by atoms with Gasteiger partial charge in [0.15, 0.2) is 0 Å². The Balaban J connectivity index is 1.86. The summed E-state index contributed by atoms with van der Waals surface area (Å²) in [7, 11) is -2.88. The number of hydrogen-bond acceptors (Lipinski definition) is 1. The van der Waals surface area contributed by atoms with Crippen LogP contribution >= 0.6 is 0 Å². The monoisotopic (exact) mass is 549 g/mol. The van der Waals surface area contributed by atoms with Crippen LogP contribution < -0.4 is 15.9 Å². The Morgan fingerprint density at radius 1 is 0.732 bits per heavy atom. The second-order valence-corrected chi connectivity index (χ2v) is 16.1. The van der Waals surface area contributed by atoms with Gasteiger partial charge in [-0.25, -0.2) is 0 Å². The van der Waals surface area contributed by atoms with Crippen molar-refractivity contribution in [2.45, 2.75) is 45.6 Å². The number of hydrogen-bond donors (Lipinski definition) is 0. The first-order valence-corrected chi connectivity index (χ1v) is 16.5. The van der Waals surface area contributed by atoms with E-state index >= 15 is 4.79 Å². The smallest absolute Gasteiger partial charge is 0.263 e. The van der Waals surface area contributed by atoms with Gasteiger partial charge in [-0.15, -0.1) is 5.54 Å². The number of pyridine rings is 1. The molecule has 0 bridgehead atoms. The standard InChI is InChI=1S/C38H35NOSi/c1-5-17-32-35-31-24-15-16-25-33(31)41(38(2,3)4,27-26-28-18-9-6-10-19-28)36(35)34(29-20-11-7-12-21-29)37(40)39(32)30-22-13-8-14-23-30/h6-16,18-25H,5,17H2,1-4H3/t41-/m0/s1. The molecule has 1 aliphatic heterocycles. The van der Waals surface area contributed by atoms with Crippen LogP contribution in [-0.4, -0.2) is 12.6 Å². The summed E-state index contributed by atoms with van der Waals surface area (Å²) in [4.78, 5) is 15.0. The summed E-state index contributed by atoms with van der Waals surface area (Å²) in [5, 5.41) is 2.31. The summed E-state index contributed by atoms with van der Waals surface area (Å²) < 4.78 is 1.99. The molecule has 0 spiro atoms. The lowest BCUT2D eigenvalue weighted by Gasteiger charge is -2.38. The molecule has 1 atom stereocenters. The van der Waals surface area contributed by atoms with Gasteiger partial charge in [0.2, 0.25) is 8.07 Å². The zero-order valence-corrected chi connectivity index (χ0v) is 25.2. The van der Waals surface area contributed by atoms with Crippen LogP contribution in [0, 0.1) is 11.5 Å². The number of nitrogens with zero attached hydrogens (tertiary/aromatic N) is 1. The summed E-state index contributed by atoms with van der Waals surface area (Å²) in [6.07, 6.45) is 1.74. The van der Waals surface area contributed by atoms with Crippen molar-refractivity contribution in [2.24, 2.45) is 0 Å². The maximum Gasteiger partial charge on any atom is 0.263 e. The van der Waals surface area contributed by atoms with Crippen LogP contribution in [0.5, 0.6) is 0 Å². The van der Waals surface area contributed by atoms with Crippen molar-refractivity contribution < 1.29 is 0 Å². The van der Waals surface area contributed by atoms with Gasteiger partial charge in [0.25, 0.3) is 5.56 Å². The van der Waals surface area contributed by atoms with Gasteiger partial charge in [-0.05, 0) is 57.2 Å². The van der Waals surface area contributed by atoms with Gasteiger partial charge < -0.3 is 0 Å². The van der Waals surface area contributed by atoms with E-state index in [-0.39, 0.29) is 10.6 Å². The molecule has 3 heteroatoms. The third kappa shape index (κ3) is 4.31. The summed E-state index contributed by atoms with van der Waals surface area (Å²) in [5.41, 5.74) is 11.2. The van der Waals surface area contributed by atoms with Gasteiger partial charge >= 0.3 is 0 Å². The molecule has 0 saturated carbocycles. The Kier molecular flexibility index (Phi) is 6.89. The SMILES string of the molecule is CCCc1c2c(c(-c3ccccc3)c(=O)n1-c1ccccc1)[Si@@](C#Cc1ccccc1)(C(C)(C)C)c1ccccc1-2. The summed E-state index contributed by atoms with van der Waals surface area (Å²) >= 11 is 0. The van der Waals surface area contributed by atoms with Crippen LogP contribution in [0.3, 0.4) is 0 Å². The molecular weight excluding hydrogens is 515 g/mol. The van der Waals surface area contributed by atoms with Gasteiger partial charge in [0.1, 0.15) is 0 Å². The zero-order chi connectivity index (χ0) is 28.6. The summed E-state index contributed by atoms with van der Waals surface area (Å²) in [5.74, 6) is 3.61. The molecule has 0 radical (unpaired) electrons. The molecule has 0 N–H and O–H groups in total. The Labute approximate surface area is 244 Å². The number of benzene rings is 4. The van der Waals surface area contributed by atoms with Gasteiger partial charge in [0.05, 0.1) is 0 Å². The van der Waals surface area contributed by atoms with Crippen molar-refractivity contribution >= 4 is 18.4 Å². The number of rotatable bonds is 4. The van der Waals surface area contributed by atoms with Crippen LogP contribution in [0.2, 0.25) is 5.04 Å². The van der Waals surface area contributed by atoms with Gasteiger partial charge in [-0.1, -0.05) is 131 Å². The van der Waals surface area contributed by atoms with Crippen molar-refractivity contribution in [3.05, 3.63) is 137 Å². The predicted octanol–water partition coefficient (Wildman–Crippen LogP) is 7.39. The van der Waals surface area contributed by atoms with Crippen LogP contribution in [0.1, 0.15) is 45.4 Å². The van der Waals surface area contributed by atoms with Crippen molar-refractivity contribution in [3.63, 3.8) is 0 Å². The molecule has 4 aromatic carbocycles. The number of aromatic nitrogens is 1. The van der Waals surface area contributed by atoms with Gasteiger partial charge in [-0.3, -0.25) is 9.36 Å². The average Bonchev–Trinajstić information content (AvgIpc) is 3.29. The first-order valence-electron chi connectivity index (χ1n) is 14.5. The number of fused-ring (bicyclic) bond motifs is 3. The Morgan fingerprint density at radius 3 is 1.95 bits per heavy atom. The fourth-order valence-corrected chi connectivity index (χ4v) is 11.6. The Bertz CT molecular complexity index is 1840. The molecule has 41 heavy (non-hydrogen) atoms. The molecule has 0 fully saturated rings. The molecule has 0 aliphatic carbocycles. The summed E-state index contributed by atoms with van der Waals surface area (Å²) in [6.45, 7) is 9.16. The lowest BCUT2D eigenvalue weighted by Crippen LogP contribution is -2.62. The second-order valence-electron chi connectivity index (χ2n) is 11.8. The quantitative estimate of drug-likeness (QED) is 0.169. The molecule has 2 nitrogen and oxygen atoms in total. The fraction of sp³-hybridized carbons (Fsp3) is 0.184. The first-order chi connectivity index (χ1) is 19.9. The number of para-hydroxylation sites is 1. The highest BCUT2D eigenvalue weighted by Gasteiger charge is 2.56. The molecule has 202 valence electrons. The van der Waals surface area contributed by atoms with Crippen molar-refractivity contribution in [3.8, 4) is 39.4 Å². The van der Waals surface area contributed by atoms with Crippen LogP contribution in [-0.2, 0) is 6.42 Å². The van der Waals surface area contributed by atoms with Crippen molar-refractivity contribution in [1.29, 1.82) is 0 Å². The first kappa shape index (κ1) is 26.8. The third-order valence-electron chi connectivity index (χ3n) is 8.31. The fourth-order valence-electron chi connectivity index (χ4n) is 6.53. The molecule has 6 rings (SSSR count). The lowest BCUT2D eigenvalue weighted by molar-refractivity contribution is 0.741. The highest BCUT2D eigenvalue weighted by molar-refractivity contribution is 7.13. The third-order valence-corrected chi connectivity index (χ3v) is 13.6. The van der Waals surface area contributed by atoms with Crippen molar-refractivity contribution in [1.82, 2.24) is 4.57 Å². The van der Waals surface area contributed by atoms with Crippen molar-refractivity contribution in [2.75, 3.05) is 0 Å². The summed E-state index contributed by atoms with van der Waals surface area (Å²) in [6, 6.07) is 39.5. The van der Waals surface area contributed by atoms with Crippen LogP contribution in [0.15, 0.2) is 120 Å². The maximum atomic E-state index is 15.0. The predicted molar refractivity (Wildman–Crippen MR) is 175 cm³/mol. The van der Waals surface area contributed by atoms with E-state index in [1.807, 2.05) is 71.3 Å². The second kappa shape index (κ2) is 10.5. The van der Waals surface area contributed by atoms with E-state index < -0.39 is 8.07 Å². The molecule has 2 heterocycles. The zero-order valence-electron chi connectivity index (χ0n) is 24.2. The molecule has 1 aromatic heterocycles. The van der Waals surface area contributed by atoms with Crippen LogP contribution in [0.4, 0.5) is 0 Å². The van der Waals surface area contributed by atoms with E-state index in [2.05, 4.69) is 87.7 Å². The molecule has 0 saturated heterocycles. The van der Waals surface area contributed by atoms with Crippen LogP contribution in [0.25, 0.3) is 27.9 Å². The van der Waals surface area contributed by atoms with E-state index in [0.717, 1.165) is 40.9 Å². The van der Waals surface area contributed by atoms with E-state index in [1.54, 1.807) is 0 Å². The van der Waals surface area contributed by atoms with Gasteiger partial charge in [-0.2, -0.15) is 0 Å². The van der Waals surface area contributed by atoms with E-state index in [1.165, 1.54) is 21.5 Å². The molecule has 1 aliphatic rings.